The fourth-order valence-electron chi connectivity index (χ4n) is 4.99. The number of carbonyl (C=O) groups excluding carboxylic acids is 1. The maximum absolute atomic E-state index is 14.2. The summed E-state index contributed by atoms with van der Waals surface area (Å²) in [6, 6.07) is 28.4. The average molecular weight is 443 g/mol. The summed E-state index contributed by atoms with van der Waals surface area (Å²) in [5.74, 6) is 0.00715. The van der Waals surface area contributed by atoms with E-state index in [1.165, 1.54) is 5.56 Å². The average Bonchev–Trinajstić information content (AvgIpc) is 3.26. The number of benzene rings is 3. The minimum Gasteiger partial charge on any atom is -0.392 e. The minimum absolute atomic E-state index is 0.00715. The van der Waals surface area contributed by atoms with Crippen LogP contribution < -0.4 is 5.32 Å². The maximum atomic E-state index is 14.2. The molecule has 33 heavy (non-hydrogen) atoms. The van der Waals surface area contributed by atoms with Crippen LogP contribution in [0.3, 0.4) is 0 Å². The normalized spacial score (nSPS) is 17.6. The van der Waals surface area contributed by atoms with Gasteiger partial charge in [-0.2, -0.15) is 0 Å². The number of likely N-dealkylation sites (tertiary alicyclic amines) is 1. The van der Waals surface area contributed by atoms with E-state index in [1.54, 1.807) is 0 Å². The molecule has 0 aromatic heterocycles. The van der Waals surface area contributed by atoms with Crippen LogP contribution in [-0.2, 0) is 10.2 Å². The molecular weight excluding hydrogens is 408 g/mol. The van der Waals surface area contributed by atoms with Gasteiger partial charge in [-0.1, -0.05) is 97.4 Å². The van der Waals surface area contributed by atoms with E-state index in [2.05, 4.69) is 48.3 Å². The molecule has 2 atom stereocenters. The lowest BCUT2D eigenvalue weighted by Gasteiger charge is -2.35. The Morgan fingerprint density at radius 2 is 1.58 bits per heavy atom. The third-order valence-electron chi connectivity index (χ3n) is 6.92. The summed E-state index contributed by atoms with van der Waals surface area (Å²) in [6.45, 7) is 6.32. The Labute approximate surface area is 197 Å². The Hall–Kier alpha value is -2.95. The summed E-state index contributed by atoms with van der Waals surface area (Å²) in [5, 5.41) is 13.5. The molecule has 0 bridgehead atoms. The predicted molar refractivity (Wildman–Crippen MR) is 133 cm³/mol. The largest absolute Gasteiger partial charge is 0.392 e. The van der Waals surface area contributed by atoms with Crippen LogP contribution in [0.25, 0.3) is 0 Å². The summed E-state index contributed by atoms with van der Waals surface area (Å²) in [4.78, 5) is 16.5. The van der Waals surface area contributed by atoms with Crippen LogP contribution in [0.4, 0.5) is 0 Å². The second-order valence-electron chi connectivity index (χ2n) is 9.13. The molecule has 1 aliphatic heterocycles. The zero-order chi connectivity index (χ0) is 23.3. The van der Waals surface area contributed by atoms with Crippen molar-refractivity contribution in [1.29, 1.82) is 0 Å². The summed E-state index contributed by atoms with van der Waals surface area (Å²) < 4.78 is 0. The molecule has 4 nitrogen and oxygen atoms in total. The summed E-state index contributed by atoms with van der Waals surface area (Å²) in [6.07, 6.45) is 1.14. The summed E-state index contributed by atoms with van der Waals surface area (Å²) in [7, 11) is 0. The molecule has 4 rings (SSSR count). The molecule has 0 radical (unpaired) electrons. The van der Waals surface area contributed by atoms with Gasteiger partial charge in [0.05, 0.1) is 17.6 Å². The molecule has 0 aliphatic carbocycles. The fraction of sp³-hybridized carbons (Fsp3) is 0.345. The molecule has 3 aromatic carbocycles. The van der Waals surface area contributed by atoms with Crippen LogP contribution in [0.5, 0.6) is 0 Å². The molecule has 0 spiro atoms. The molecule has 172 valence electrons. The van der Waals surface area contributed by atoms with Gasteiger partial charge in [0, 0.05) is 19.6 Å². The number of carbonyl (C=O) groups is 1. The molecule has 1 amide bonds. The van der Waals surface area contributed by atoms with Gasteiger partial charge >= 0.3 is 0 Å². The van der Waals surface area contributed by atoms with Crippen molar-refractivity contribution in [2.75, 3.05) is 19.6 Å². The van der Waals surface area contributed by atoms with Crippen molar-refractivity contribution in [2.45, 2.75) is 44.2 Å². The van der Waals surface area contributed by atoms with Crippen LogP contribution in [0.2, 0.25) is 0 Å². The summed E-state index contributed by atoms with van der Waals surface area (Å²) in [5.41, 5.74) is 3.49. The lowest BCUT2D eigenvalue weighted by Crippen LogP contribution is -2.48. The Kier molecular flexibility index (Phi) is 7.26. The first-order chi connectivity index (χ1) is 16.0. The van der Waals surface area contributed by atoms with Crippen LogP contribution in [0.15, 0.2) is 84.9 Å². The van der Waals surface area contributed by atoms with Gasteiger partial charge < -0.3 is 10.4 Å². The molecule has 1 aliphatic rings. The number of hydrogen-bond acceptors (Lipinski definition) is 3. The van der Waals surface area contributed by atoms with E-state index in [9.17, 15) is 9.90 Å². The van der Waals surface area contributed by atoms with Crippen molar-refractivity contribution in [3.63, 3.8) is 0 Å². The third-order valence-corrected chi connectivity index (χ3v) is 6.92. The number of aliphatic hydroxyl groups is 1. The second kappa shape index (κ2) is 10.3. The Balaban J connectivity index is 1.71. The number of hydrogen-bond donors (Lipinski definition) is 2. The molecule has 1 unspecified atom stereocenters. The molecule has 4 heteroatoms. The number of nitrogens with one attached hydrogen (secondary N) is 1. The van der Waals surface area contributed by atoms with Crippen LogP contribution >= 0.6 is 0 Å². The lowest BCUT2D eigenvalue weighted by atomic mass is 9.71. The lowest BCUT2D eigenvalue weighted by molar-refractivity contribution is -0.126. The smallest absolute Gasteiger partial charge is 0.235 e. The highest BCUT2D eigenvalue weighted by Crippen LogP contribution is 2.37. The first-order valence-corrected chi connectivity index (χ1v) is 11.9. The number of aryl methyl sites for hydroxylation is 1. The Morgan fingerprint density at radius 3 is 2.06 bits per heavy atom. The van der Waals surface area contributed by atoms with Gasteiger partial charge in [-0.3, -0.25) is 9.69 Å². The Bertz CT molecular complexity index is 995. The highest BCUT2D eigenvalue weighted by molar-refractivity contribution is 5.92. The second-order valence-corrected chi connectivity index (χ2v) is 9.13. The zero-order valence-corrected chi connectivity index (χ0v) is 19.6. The molecule has 0 saturated carbocycles. The number of rotatable bonds is 8. The van der Waals surface area contributed by atoms with Crippen molar-refractivity contribution in [2.24, 2.45) is 0 Å². The fourth-order valence-corrected chi connectivity index (χ4v) is 4.99. The van der Waals surface area contributed by atoms with Crippen molar-refractivity contribution in [3.05, 3.63) is 107 Å². The highest BCUT2D eigenvalue weighted by atomic mass is 16.3. The SMILES string of the molecule is CCC(C(=O)N[C@H](CN1CCC(O)C1)c1ccc(C)cc1)(c1ccccc1)c1ccccc1. The van der Waals surface area contributed by atoms with Gasteiger partial charge in [-0.05, 0) is 36.5 Å². The molecular formula is C29H34N2O2. The Morgan fingerprint density at radius 1 is 1.00 bits per heavy atom. The number of amides is 1. The minimum atomic E-state index is -0.782. The first-order valence-electron chi connectivity index (χ1n) is 11.9. The van der Waals surface area contributed by atoms with Gasteiger partial charge in [0.15, 0.2) is 0 Å². The molecule has 1 heterocycles. The van der Waals surface area contributed by atoms with Gasteiger partial charge in [0.1, 0.15) is 0 Å². The van der Waals surface area contributed by atoms with Gasteiger partial charge in [0.2, 0.25) is 5.91 Å². The number of β-amino-alcohol motifs (C(OH)–C–C–N with tert-alkyl or cyclic N) is 1. The van der Waals surface area contributed by atoms with Gasteiger partial charge in [-0.15, -0.1) is 0 Å². The third kappa shape index (κ3) is 5.02. The molecule has 1 fully saturated rings. The van der Waals surface area contributed by atoms with E-state index < -0.39 is 5.41 Å². The highest BCUT2D eigenvalue weighted by Gasteiger charge is 2.41. The zero-order valence-electron chi connectivity index (χ0n) is 19.6. The van der Waals surface area contributed by atoms with Crippen LogP contribution in [0, 0.1) is 6.92 Å². The first kappa shape index (κ1) is 23.2. The van der Waals surface area contributed by atoms with E-state index in [0.717, 1.165) is 29.7 Å². The summed E-state index contributed by atoms with van der Waals surface area (Å²) >= 11 is 0. The quantitative estimate of drug-likeness (QED) is 0.535. The molecule has 1 saturated heterocycles. The van der Waals surface area contributed by atoms with E-state index >= 15 is 0 Å². The number of nitrogens with zero attached hydrogens (tertiary/aromatic N) is 1. The van der Waals surface area contributed by atoms with E-state index in [1.807, 2.05) is 60.7 Å². The van der Waals surface area contributed by atoms with Gasteiger partial charge in [0.25, 0.3) is 0 Å². The van der Waals surface area contributed by atoms with Crippen molar-refractivity contribution < 1.29 is 9.90 Å². The van der Waals surface area contributed by atoms with Crippen LogP contribution in [0.1, 0.15) is 48.1 Å². The number of aliphatic hydroxyl groups excluding tert-OH is 1. The predicted octanol–water partition coefficient (Wildman–Crippen LogP) is 4.62. The standard InChI is InChI=1S/C29H34N2O2/c1-3-29(24-10-6-4-7-11-24,25-12-8-5-9-13-25)28(33)30-27(21-31-19-18-26(32)20-31)23-16-14-22(2)15-17-23/h4-17,26-27,32H,3,18-21H2,1-2H3,(H,30,33)/t26?,27-/m1/s1. The maximum Gasteiger partial charge on any atom is 0.235 e. The van der Waals surface area contributed by atoms with E-state index in [4.69, 9.17) is 0 Å². The van der Waals surface area contributed by atoms with Crippen molar-refractivity contribution in [1.82, 2.24) is 10.2 Å². The van der Waals surface area contributed by atoms with E-state index in [0.29, 0.717) is 19.5 Å². The van der Waals surface area contributed by atoms with Crippen LogP contribution in [-0.4, -0.2) is 41.7 Å². The molecule has 3 aromatic rings. The van der Waals surface area contributed by atoms with Crippen molar-refractivity contribution in [3.8, 4) is 0 Å². The van der Waals surface area contributed by atoms with Crippen molar-refractivity contribution >= 4 is 5.91 Å². The van der Waals surface area contributed by atoms with Gasteiger partial charge in [-0.25, -0.2) is 0 Å². The molecule has 2 N–H and O–H groups in total. The monoisotopic (exact) mass is 442 g/mol. The topological polar surface area (TPSA) is 52.6 Å². The van der Waals surface area contributed by atoms with E-state index in [-0.39, 0.29) is 18.1 Å².